The summed E-state index contributed by atoms with van der Waals surface area (Å²) in [5, 5.41) is 5.08. The first kappa shape index (κ1) is 13.0. The van der Waals surface area contributed by atoms with Crippen LogP contribution in [0.25, 0.3) is 0 Å². The summed E-state index contributed by atoms with van der Waals surface area (Å²) in [5.41, 5.74) is 3.22. The van der Waals surface area contributed by atoms with Gasteiger partial charge in [0.15, 0.2) is 0 Å². The summed E-state index contributed by atoms with van der Waals surface area (Å²) in [4.78, 5) is 0. The van der Waals surface area contributed by atoms with Gasteiger partial charge in [0.05, 0.1) is 11.4 Å². The fourth-order valence-electron chi connectivity index (χ4n) is 1.76. The van der Waals surface area contributed by atoms with Crippen LogP contribution in [0.1, 0.15) is 23.9 Å². The molecule has 0 amide bonds. The average molecular weight is 265 g/mol. The van der Waals surface area contributed by atoms with Crippen LogP contribution in [-0.4, -0.2) is 9.78 Å². The second-order valence-corrected chi connectivity index (χ2v) is 4.74. The monoisotopic (exact) mass is 264 g/mol. The van der Waals surface area contributed by atoms with E-state index in [4.69, 9.17) is 16.3 Å². The van der Waals surface area contributed by atoms with Gasteiger partial charge in [-0.1, -0.05) is 24.6 Å². The number of halogens is 1. The Balaban J connectivity index is 2.11. The number of aromatic nitrogens is 2. The van der Waals surface area contributed by atoms with Crippen molar-refractivity contribution >= 4 is 11.6 Å². The number of hydrogen-bond acceptors (Lipinski definition) is 2. The van der Waals surface area contributed by atoms with Crippen molar-refractivity contribution in [2.24, 2.45) is 7.05 Å². The highest BCUT2D eigenvalue weighted by molar-refractivity contribution is 6.30. The molecule has 18 heavy (non-hydrogen) atoms. The third-order valence-corrected chi connectivity index (χ3v) is 3.15. The zero-order valence-corrected chi connectivity index (χ0v) is 11.7. The van der Waals surface area contributed by atoms with E-state index in [1.807, 2.05) is 36.9 Å². The molecule has 0 aliphatic carbocycles. The minimum Gasteiger partial charge on any atom is -0.487 e. The highest BCUT2D eigenvalue weighted by Crippen LogP contribution is 2.23. The summed E-state index contributed by atoms with van der Waals surface area (Å²) in [6.45, 7) is 4.60. The van der Waals surface area contributed by atoms with Crippen LogP contribution in [0.15, 0.2) is 24.3 Å². The summed E-state index contributed by atoms with van der Waals surface area (Å²) in [6, 6.07) is 7.73. The van der Waals surface area contributed by atoms with Crippen LogP contribution < -0.4 is 4.74 Å². The molecule has 2 aromatic rings. The van der Waals surface area contributed by atoms with E-state index in [0.29, 0.717) is 11.6 Å². The molecule has 1 aromatic heterocycles. The number of nitrogens with zero attached hydrogens (tertiary/aromatic N) is 2. The first-order valence-corrected chi connectivity index (χ1v) is 6.38. The molecule has 1 heterocycles. The van der Waals surface area contributed by atoms with E-state index in [1.165, 1.54) is 0 Å². The van der Waals surface area contributed by atoms with Crippen molar-refractivity contribution in [1.29, 1.82) is 0 Å². The van der Waals surface area contributed by atoms with Crippen molar-refractivity contribution in [1.82, 2.24) is 9.78 Å². The van der Waals surface area contributed by atoms with E-state index < -0.39 is 0 Å². The van der Waals surface area contributed by atoms with Gasteiger partial charge in [0.25, 0.3) is 0 Å². The minimum absolute atomic E-state index is 0.505. The molecule has 0 atom stereocenters. The molecule has 2 rings (SSSR count). The van der Waals surface area contributed by atoms with Gasteiger partial charge in [-0.25, -0.2) is 0 Å². The SMILES string of the molecule is CCc1cc(COc2cc(Cl)ccc2C)n(C)n1. The maximum atomic E-state index is 5.96. The topological polar surface area (TPSA) is 27.1 Å². The number of ether oxygens (including phenoxy) is 1. The first-order chi connectivity index (χ1) is 8.60. The number of rotatable bonds is 4. The Morgan fingerprint density at radius 2 is 2.11 bits per heavy atom. The quantitative estimate of drug-likeness (QED) is 0.845. The minimum atomic E-state index is 0.505. The predicted molar refractivity (Wildman–Crippen MR) is 73.1 cm³/mol. The van der Waals surface area contributed by atoms with Crippen molar-refractivity contribution in [3.05, 3.63) is 46.2 Å². The third-order valence-electron chi connectivity index (χ3n) is 2.92. The van der Waals surface area contributed by atoms with Gasteiger partial charge in [0.2, 0.25) is 0 Å². The predicted octanol–water partition coefficient (Wildman–Crippen LogP) is 3.52. The van der Waals surface area contributed by atoms with Gasteiger partial charge in [0.1, 0.15) is 12.4 Å². The van der Waals surface area contributed by atoms with Crippen molar-refractivity contribution in [3.63, 3.8) is 0 Å². The van der Waals surface area contributed by atoms with Crippen LogP contribution in [0.4, 0.5) is 0 Å². The normalized spacial score (nSPS) is 10.7. The Morgan fingerprint density at radius 1 is 1.33 bits per heavy atom. The number of benzene rings is 1. The molecule has 0 saturated carbocycles. The van der Waals surface area contributed by atoms with E-state index >= 15 is 0 Å². The van der Waals surface area contributed by atoms with Crippen molar-refractivity contribution < 1.29 is 4.74 Å². The van der Waals surface area contributed by atoms with Gasteiger partial charge in [-0.2, -0.15) is 5.10 Å². The second-order valence-electron chi connectivity index (χ2n) is 4.30. The lowest BCUT2D eigenvalue weighted by atomic mass is 10.2. The maximum Gasteiger partial charge on any atom is 0.130 e. The van der Waals surface area contributed by atoms with E-state index in [2.05, 4.69) is 18.1 Å². The smallest absolute Gasteiger partial charge is 0.130 e. The molecule has 0 aliphatic heterocycles. The number of aryl methyl sites for hydroxylation is 3. The Morgan fingerprint density at radius 3 is 2.78 bits per heavy atom. The fraction of sp³-hybridized carbons (Fsp3) is 0.357. The first-order valence-electron chi connectivity index (χ1n) is 6.01. The van der Waals surface area contributed by atoms with E-state index in [1.54, 1.807) is 0 Å². The molecule has 0 spiro atoms. The van der Waals surface area contributed by atoms with Crippen molar-refractivity contribution in [2.45, 2.75) is 26.9 Å². The van der Waals surface area contributed by atoms with Crippen molar-refractivity contribution in [3.8, 4) is 5.75 Å². The van der Waals surface area contributed by atoms with Crippen LogP contribution in [-0.2, 0) is 20.1 Å². The molecule has 3 nitrogen and oxygen atoms in total. The summed E-state index contributed by atoms with van der Waals surface area (Å²) >= 11 is 5.96. The average Bonchev–Trinajstić information content (AvgIpc) is 2.71. The fourth-order valence-corrected chi connectivity index (χ4v) is 1.92. The van der Waals surface area contributed by atoms with Gasteiger partial charge in [-0.05, 0) is 37.1 Å². The van der Waals surface area contributed by atoms with Gasteiger partial charge in [-0.15, -0.1) is 0 Å². The molecule has 96 valence electrons. The molecule has 0 radical (unpaired) electrons. The Kier molecular flexibility index (Phi) is 3.92. The van der Waals surface area contributed by atoms with E-state index in [-0.39, 0.29) is 0 Å². The molecule has 0 fully saturated rings. The maximum absolute atomic E-state index is 5.96. The van der Waals surface area contributed by atoms with Crippen LogP contribution in [0, 0.1) is 6.92 Å². The standard InChI is InChI=1S/C14H17ClN2O/c1-4-12-8-13(17(3)16-12)9-18-14-7-11(15)6-5-10(14)2/h5-8H,4,9H2,1-3H3. The Labute approximate surface area is 112 Å². The summed E-state index contributed by atoms with van der Waals surface area (Å²) < 4.78 is 7.66. The molecule has 0 bridgehead atoms. The third kappa shape index (κ3) is 2.85. The molecular formula is C14H17ClN2O. The summed E-state index contributed by atoms with van der Waals surface area (Å²) in [5.74, 6) is 0.821. The largest absolute Gasteiger partial charge is 0.487 e. The van der Waals surface area contributed by atoms with Crippen LogP contribution >= 0.6 is 11.6 Å². The molecule has 0 aliphatic rings. The molecule has 0 unspecified atom stereocenters. The van der Waals surface area contributed by atoms with Crippen LogP contribution in [0.2, 0.25) is 5.02 Å². The van der Waals surface area contributed by atoms with Crippen LogP contribution in [0.5, 0.6) is 5.75 Å². The van der Waals surface area contributed by atoms with E-state index in [0.717, 1.165) is 29.1 Å². The van der Waals surface area contributed by atoms with Gasteiger partial charge in [0, 0.05) is 12.1 Å². The Bertz CT molecular complexity index is 549. The zero-order valence-electron chi connectivity index (χ0n) is 10.9. The lowest BCUT2D eigenvalue weighted by molar-refractivity contribution is 0.293. The molecule has 0 saturated heterocycles. The van der Waals surface area contributed by atoms with Gasteiger partial charge < -0.3 is 4.74 Å². The zero-order chi connectivity index (χ0) is 13.1. The lowest BCUT2D eigenvalue weighted by Crippen LogP contribution is -2.03. The Hall–Kier alpha value is -1.48. The van der Waals surface area contributed by atoms with E-state index in [9.17, 15) is 0 Å². The van der Waals surface area contributed by atoms with Crippen LogP contribution in [0.3, 0.4) is 0 Å². The molecule has 4 heteroatoms. The lowest BCUT2D eigenvalue weighted by Gasteiger charge is -2.09. The molecular weight excluding hydrogens is 248 g/mol. The second kappa shape index (κ2) is 5.44. The highest BCUT2D eigenvalue weighted by Gasteiger charge is 2.06. The summed E-state index contributed by atoms with van der Waals surface area (Å²) in [6.07, 6.45) is 0.935. The van der Waals surface area contributed by atoms with Gasteiger partial charge >= 0.3 is 0 Å². The molecule has 0 N–H and O–H groups in total. The number of hydrogen-bond donors (Lipinski definition) is 0. The van der Waals surface area contributed by atoms with Crippen molar-refractivity contribution in [2.75, 3.05) is 0 Å². The summed E-state index contributed by atoms with van der Waals surface area (Å²) in [7, 11) is 1.93. The molecule has 1 aromatic carbocycles. The van der Waals surface area contributed by atoms with Gasteiger partial charge in [-0.3, -0.25) is 4.68 Å². The highest BCUT2D eigenvalue weighted by atomic mass is 35.5.